The van der Waals surface area contributed by atoms with Gasteiger partial charge in [-0.05, 0) is 70.7 Å². The summed E-state index contributed by atoms with van der Waals surface area (Å²) in [6.07, 6.45) is 5.51. The van der Waals surface area contributed by atoms with Crippen molar-refractivity contribution in [3.8, 4) is 0 Å². The molecule has 0 unspecified atom stereocenters. The van der Waals surface area contributed by atoms with Crippen molar-refractivity contribution < 1.29 is 29.0 Å². The van der Waals surface area contributed by atoms with Crippen LogP contribution in [0.5, 0.6) is 0 Å². The monoisotopic (exact) mass is 555 g/mol. The minimum atomic E-state index is -1.05. The van der Waals surface area contributed by atoms with Gasteiger partial charge in [0.2, 0.25) is 5.91 Å². The number of aliphatic hydroxyl groups is 1. The molecular weight excluding hydrogens is 510 g/mol. The number of aliphatic hydroxyl groups excluding tert-OH is 1. The zero-order valence-electron chi connectivity index (χ0n) is 24.2. The lowest BCUT2D eigenvalue weighted by atomic mass is 9.70. The molecule has 1 aromatic carbocycles. The third-order valence-electron chi connectivity index (χ3n) is 8.77. The van der Waals surface area contributed by atoms with Crippen molar-refractivity contribution in [1.29, 1.82) is 0 Å². The number of fused-ring (bicyclic) bond motifs is 1. The third kappa shape index (κ3) is 5.38. The van der Waals surface area contributed by atoms with Gasteiger partial charge >= 0.3 is 5.97 Å². The zero-order chi connectivity index (χ0) is 28.9. The molecule has 3 aliphatic heterocycles. The summed E-state index contributed by atoms with van der Waals surface area (Å²) in [6.45, 7) is 12.7. The average Bonchev–Trinajstić information content (AvgIpc) is 3.60. The summed E-state index contributed by atoms with van der Waals surface area (Å²) < 4.78 is 11.9. The summed E-state index contributed by atoms with van der Waals surface area (Å²) in [7, 11) is 0. The Hall–Kier alpha value is -2.91. The van der Waals surface area contributed by atoms with Crippen LogP contribution in [-0.4, -0.2) is 84.9 Å². The van der Waals surface area contributed by atoms with Crippen LogP contribution in [0.15, 0.2) is 36.9 Å². The molecule has 2 bridgehead atoms. The second-order valence-corrected chi connectivity index (χ2v) is 10.9. The molecule has 3 heterocycles. The standard InChI is InChI=1S/C31H45N3O6/c1-5-19-33(23-15-13-22(14-16-23)32(6-2)7-3)29(37)27-31-18-17-24(40-31)25(30(38)39-8-4)26(31)28(36)34(27)20-11-9-10-12-21-35/h5,13-16,24-27,35H,1,6-12,17-21H2,2-4H3/t24-,25+,26+,27-,31+/m0/s1. The van der Waals surface area contributed by atoms with Crippen molar-refractivity contribution >= 4 is 29.2 Å². The summed E-state index contributed by atoms with van der Waals surface area (Å²) in [6, 6.07) is 7.07. The van der Waals surface area contributed by atoms with Crippen LogP contribution in [0, 0.1) is 11.8 Å². The molecule has 0 aliphatic carbocycles. The molecule has 5 atom stereocenters. The quantitative estimate of drug-likeness (QED) is 0.201. The molecule has 2 amide bonds. The van der Waals surface area contributed by atoms with E-state index < -0.39 is 35.6 Å². The van der Waals surface area contributed by atoms with Gasteiger partial charge in [-0.2, -0.15) is 0 Å². The predicted octanol–water partition coefficient (Wildman–Crippen LogP) is 3.54. The number of carbonyl (C=O) groups excluding carboxylic acids is 3. The van der Waals surface area contributed by atoms with E-state index in [2.05, 4.69) is 25.3 Å². The van der Waals surface area contributed by atoms with Crippen molar-refractivity contribution in [3.63, 3.8) is 0 Å². The van der Waals surface area contributed by atoms with Crippen LogP contribution in [0.4, 0.5) is 11.4 Å². The highest BCUT2D eigenvalue weighted by atomic mass is 16.6. The van der Waals surface area contributed by atoms with Crippen LogP contribution in [-0.2, 0) is 23.9 Å². The molecular formula is C31H45N3O6. The lowest BCUT2D eigenvalue weighted by molar-refractivity contribution is -0.154. The van der Waals surface area contributed by atoms with Crippen LogP contribution >= 0.6 is 0 Å². The number of ether oxygens (including phenoxy) is 2. The SMILES string of the molecule is C=CCN(C(=O)[C@@H]1N(CCCCCCO)C(=O)[C@H]2[C@H](C(=O)OCC)[C@@H]3CC[C@]12O3)c1ccc(N(CC)CC)cc1. The number of benzene rings is 1. The molecule has 3 fully saturated rings. The normalized spacial score (nSPS) is 26.6. The lowest BCUT2D eigenvalue weighted by Gasteiger charge is -2.37. The Morgan fingerprint density at radius 3 is 2.42 bits per heavy atom. The van der Waals surface area contributed by atoms with E-state index in [9.17, 15) is 14.4 Å². The van der Waals surface area contributed by atoms with Crippen LogP contribution in [0.1, 0.15) is 59.3 Å². The van der Waals surface area contributed by atoms with Crippen LogP contribution in [0.25, 0.3) is 0 Å². The van der Waals surface area contributed by atoms with Gasteiger partial charge in [-0.3, -0.25) is 14.4 Å². The Balaban J connectivity index is 1.68. The summed E-state index contributed by atoms with van der Waals surface area (Å²) in [5, 5.41) is 9.15. The molecule has 9 heteroatoms. The van der Waals surface area contributed by atoms with Gasteiger partial charge in [0.25, 0.3) is 5.91 Å². The number of rotatable bonds is 15. The topological polar surface area (TPSA) is 99.6 Å². The molecule has 3 aliphatic rings. The maximum atomic E-state index is 14.5. The van der Waals surface area contributed by atoms with E-state index in [0.29, 0.717) is 32.2 Å². The van der Waals surface area contributed by atoms with Crippen molar-refractivity contribution in [2.45, 2.75) is 77.0 Å². The Morgan fingerprint density at radius 1 is 1.12 bits per heavy atom. The first-order valence-electron chi connectivity index (χ1n) is 14.9. The zero-order valence-corrected chi connectivity index (χ0v) is 24.2. The second kappa shape index (κ2) is 13.2. The fraction of sp³-hybridized carbons (Fsp3) is 0.645. The maximum absolute atomic E-state index is 14.5. The predicted molar refractivity (Wildman–Crippen MR) is 154 cm³/mol. The minimum Gasteiger partial charge on any atom is -0.466 e. The van der Waals surface area contributed by atoms with Gasteiger partial charge < -0.3 is 29.3 Å². The van der Waals surface area contributed by atoms with Gasteiger partial charge in [0, 0.05) is 44.2 Å². The molecule has 4 rings (SSSR count). The first-order valence-corrected chi connectivity index (χ1v) is 14.9. The van der Waals surface area contributed by atoms with Gasteiger partial charge in [-0.15, -0.1) is 6.58 Å². The van der Waals surface area contributed by atoms with E-state index in [1.165, 1.54) is 0 Å². The van der Waals surface area contributed by atoms with E-state index >= 15 is 0 Å². The van der Waals surface area contributed by atoms with E-state index in [4.69, 9.17) is 14.6 Å². The fourth-order valence-corrected chi connectivity index (χ4v) is 6.96. The van der Waals surface area contributed by atoms with Crippen LogP contribution < -0.4 is 9.80 Å². The number of nitrogens with zero attached hydrogens (tertiary/aromatic N) is 3. The van der Waals surface area contributed by atoms with Gasteiger partial charge in [0.15, 0.2) is 0 Å². The molecule has 40 heavy (non-hydrogen) atoms. The lowest BCUT2D eigenvalue weighted by Crippen LogP contribution is -2.56. The molecule has 0 saturated carbocycles. The number of carbonyl (C=O) groups is 3. The molecule has 3 saturated heterocycles. The first-order chi connectivity index (χ1) is 19.4. The smallest absolute Gasteiger partial charge is 0.312 e. The minimum absolute atomic E-state index is 0.134. The average molecular weight is 556 g/mol. The molecule has 1 N–H and O–H groups in total. The number of esters is 1. The Labute approximate surface area is 238 Å². The summed E-state index contributed by atoms with van der Waals surface area (Å²) >= 11 is 0. The van der Waals surface area contributed by atoms with Crippen LogP contribution in [0.2, 0.25) is 0 Å². The number of anilines is 2. The molecule has 1 spiro atoms. The summed E-state index contributed by atoms with van der Waals surface area (Å²) in [5.41, 5.74) is 0.751. The van der Waals surface area contributed by atoms with Crippen LogP contribution in [0.3, 0.4) is 0 Å². The third-order valence-corrected chi connectivity index (χ3v) is 8.77. The largest absolute Gasteiger partial charge is 0.466 e. The second-order valence-electron chi connectivity index (χ2n) is 10.9. The Morgan fingerprint density at radius 2 is 1.80 bits per heavy atom. The summed E-state index contributed by atoms with van der Waals surface area (Å²) in [5.74, 6) is -2.26. The van der Waals surface area contributed by atoms with Gasteiger partial charge in [0.1, 0.15) is 11.6 Å². The fourth-order valence-electron chi connectivity index (χ4n) is 6.96. The summed E-state index contributed by atoms with van der Waals surface area (Å²) in [4.78, 5) is 47.2. The van der Waals surface area contributed by atoms with Gasteiger partial charge in [-0.25, -0.2) is 0 Å². The molecule has 1 aromatic rings. The van der Waals surface area contributed by atoms with Crippen molar-refractivity contribution in [2.24, 2.45) is 11.8 Å². The number of hydrogen-bond acceptors (Lipinski definition) is 7. The molecule has 0 aromatic heterocycles. The van der Waals surface area contributed by atoms with Gasteiger partial charge in [-0.1, -0.05) is 18.9 Å². The Bertz CT molecular complexity index is 1060. The number of hydrogen-bond donors (Lipinski definition) is 1. The van der Waals surface area contributed by atoms with E-state index in [1.54, 1.807) is 22.8 Å². The van der Waals surface area contributed by atoms with Crippen molar-refractivity contribution in [3.05, 3.63) is 36.9 Å². The van der Waals surface area contributed by atoms with E-state index in [1.807, 2.05) is 24.3 Å². The first kappa shape index (κ1) is 30.1. The molecule has 220 valence electrons. The maximum Gasteiger partial charge on any atom is 0.312 e. The highest BCUT2D eigenvalue weighted by Crippen LogP contribution is 2.59. The van der Waals surface area contributed by atoms with E-state index in [-0.39, 0.29) is 31.6 Å². The van der Waals surface area contributed by atoms with Gasteiger partial charge in [0.05, 0.1) is 24.5 Å². The Kier molecular flexibility index (Phi) is 9.90. The number of likely N-dealkylation sites (tertiary alicyclic amines) is 1. The number of unbranched alkanes of at least 4 members (excludes halogenated alkanes) is 3. The van der Waals surface area contributed by atoms with Crippen molar-refractivity contribution in [1.82, 2.24) is 4.90 Å². The number of amides is 2. The van der Waals surface area contributed by atoms with Crippen molar-refractivity contribution in [2.75, 3.05) is 49.2 Å². The highest BCUT2D eigenvalue weighted by molar-refractivity contribution is 6.04. The molecule has 0 radical (unpaired) electrons. The van der Waals surface area contributed by atoms with E-state index in [0.717, 1.165) is 37.3 Å². The molecule has 9 nitrogen and oxygen atoms in total. The highest BCUT2D eigenvalue weighted by Gasteiger charge is 2.75.